The summed E-state index contributed by atoms with van der Waals surface area (Å²) in [6, 6.07) is 8.53. The van der Waals surface area contributed by atoms with Crippen LogP contribution in [0.15, 0.2) is 35.2 Å². The van der Waals surface area contributed by atoms with Gasteiger partial charge in [-0.25, -0.2) is 4.79 Å². The summed E-state index contributed by atoms with van der Waals surface area (Å²) in [4.78, 5) is 36.3. The third-order valence-electron chi connectivity index (χ3n) is 4.30. The molecule has 0 spiro atoms. The van der Waals surface area contributed by atoms with Crippen molar-refractivity contribution in [2.75, 3.05) is 6.54 Å². The Morgan fingerprint density at radius 1 is 1.21 bits per heavy atom. The first-order valence-electron chi connectivity index (χ1n) is 8.19. The molecule has 0 atom stereocenters. The van der Waals surface area contributed by atoms with Gasteiger partial charge in [0.15, 0.2) is 0 Å². The molecule has 1 aliphatic heterocycles. The largest absolute Gasteiger partial charge is 0.480 e. The van der Waals surface area contributed by atoms with Gasteiger partial charge in [0.25, 0.3) is 5.91 Å². The molecular formula is C19H16N2O5S2. The minimum atomic E-state index is -1.14. The summed E-state index contributed by atoms with van der Waals surface area (Å²) in [7, 11) is 0. The highest BCUT2D eigenvalue weighted by atomic mass is 32.2. The smallest absolute Gasteiger partial charge is 0.337 e. The van der Waals surface area contributed by atoms with Crippen molar-refractivity contribution in [3.63, 3.8) is 0 Å². The van der Waals surface area contributed by atoms with Gasteiger partial charge in [0.2, 0.25) is 0 Å². The van der Waals surface area contributed by atoms with Gasteiger partial charge in [-0.2, -0.15) is 0 Å². The number of carbonyl (C=O) groups is 3. The van der Waals surface area contributed by atoms with Crippen molar-refractivity contribution >= 4 is 52.2 Å². The van der Waals surface area contributed by atoms with Gasteiger partial charge in [0.1, 0.15) is 10.9 Å². The molecule has 28 heavy (non-hydrogen) atoms. The Bertz CT molecular complexity index is 1050. The first-order valence-corrected chi connectivity index (χ1v) is 9.42. The van der Waals surface area contributed by atoms with Crippen LogP contribution in [0.25, 0.3) is 11.8 Å². The Morgan fingerprint density at radius 2 is 1.89 bits per heavy atom. The van der Waals surface area contributed by atoms with Crippen LogP contribution >= 0.6 is 24.0 Å². The van der Waals surface area contributed by atoms with Crippen molar-refractivity contribution in [3.05, 3.63) is 57.8 Å². The zero-order valence-corrected chi connectivity index (χ0v) is 16.6. The van der Waals surface area contributed by atoms with E-state index in [0.29, 0.717) is 10.6 Å². The molecule has 2 heterocycles. The summed E-state index contributed by atoms with van der Waals surface area (Å²) in [6.07, 6.45) is 1.66. The minimum Gasteiger partial charge on any atom is -0.480 e. The Balaban J connectivity index is 2.03. The molecule has 9 heteroatoms. The molecule has 0 bridgehead atoms. The Labute approximate surface area is 170 Å². The molecule has 1 aliphatic rings. The molecule has 3 rings (SSSR count). The third-order valence-corrected chi connectivity index (χ3v) is 5.68. The maximum atomic E-state index is 12.5. The number of benzene rings is 1. The first kappa shape index (κ1) is 19.8. The summed E-state index contributed by atoms with van der Waals surface area (Å²) in [5.41, 5.74) is 2.99. The number of hydrogen-bond donors (Lipinski definition) is 2. The highest BCUT2D eigenvalue weighted by Crippen LogP contribution is 2.34. The second kappa shape index (κ2) is 7.61. The summed E-state index contributed by atoms with van der Waals surface area (Å²) < 4.78 is 2.01. The maximum absolute atomic E-state index is 12.5. The van der Waals surface area contributed by atoms with Gasteiger partial charge < -0.3 is 14.8 Å². The lowest BCUT2D eigenvalue weighted by molar-refractivity contribution is -0.140. The van der Waals surface area contributed by atoms with E-state index < -0.39 is 24.4 Å². The lowest BCUT2D eigenvalue weighted by Gasteiger charge is -2.12. The lowest BCUT2D eigenvalue weighted by atomic mass is 10.1. The fraction of sp³-hybridized carbons (Fsp3) is 0.158. The number of carboxylic acid groups (broad SMARTS) is 2. The molecule has 2 N–H and O–H groups in total. The maximum Gasteiger partial charge on any atom is 0.337 e. The fourth-order valence-electron chi connectivity index (χ4n) is 3.07. The van der Waals surface area contributed by atoms with Gasteiger partial charge in [-0.05, 0) is 43.7 Å². The number of thiocarbonyl (C=S) groups is 1. The van der Waals surface area contributed by atoms with Crippen molar-refractivity contribution in [1.29, 1.82) is 0 Å². The number of thioether (sulfide) groups is 1. The molecule has 0 unspecified atom stereocenters. The number of carbonyl (C=O) groups excluding carboxylic acids is 1. The first-order chi connectivity index (χ1) is 13.2. The number of aliphatic carboxylic acids is 1. The van der Waals surface area contributed by atoms with Crippen molar-refractivity contribution < 1.29 is 24.6 Å². The summed E-state index contributed by atoms with van der Waals surface area (Å²) >= 11 is 6.16. The van der Waals surface area contributed by atoms with Crippen LogP contribution in [0.5, 0.6) is 0 Å². The van der Waals surface area contributed by atoms with E-state index in [0.717, 1.165) is 33.6 Å². The topological polar surface area (TPSA) is 99.8 Å². The van der Waals surface area contributed by atoms with E-state index in [-0.39, 0.29) is 9.88 Å². The number of para-hydroxylation sites is 1. The summed E-state index contributed by atoms with van der Waals surface area (Å²) in [5.74, 6) is -2.62. The van der Waals surface area contributed by atoms with E-state index in [1.54, 1.807) is 24.3 Å². The van der Waals surface area contributed by atoms with Gasteiger partial charge in [-0.1, -0.05) is 36.1 Å². The standard InChI is InChI=1S/C19H16N2O5S2/c1-10-7-12(8-15-17(24)20(9-16(22)23)19(27)28-15)11(2)21(10)14-6-4-3-5-13(14)18(25)26/h3-8H,9H2,1-2H3,(H,22,23)(H,25,26)/b15-8+. The molecule has 144 valence electrons. The SMILES string of the molecule is Cc1cc(/C=C2/SC(=S)N(CC(=O)O)C2=O)c(C)n1-c1ccccc1C(=O)O. The Morgan fingerprint density at radius 3 is 2.54 bits per heavy atom. The molecule has 7 nitrogen and oxygen atoms in total. The number of aromatic nitrogens is 1. The zero-order chi connectivity index (χ0) is 20.6. The average molecular weight is 416 g/mol. The molecule has 1 amide bonds. The van der Waals surface area contributed by atoms with Crippen LogP contribution in [-0.4, -0.2) is 48.4 Å². The molecule has 1 aromatic heterocycles. The van der Waals surface area contributed by atoms with Gasteiger partial charge >= 0.3 is 11.9 Å². The van der Waals surface area contributed by atoms with E-state index in [4.69, 9.17) is 17.3 Å². The van der Waals surface area contributed by atoms with E-state index in [1.165, 1.54) is 6.07 Å². The molecular weight excluding hydrogens is 400 g/mol. The number of carboxylic acids is 2. The van der Waals surface area contributed by atoms with Crippen LogP contribution in [0.1, 0.15) is 27.3 Å². The Kier molecular flexibility index (Phi) is 5.39. The van der Waals surface area contributed by atoms with Gasteiger partial charge in [-0.3, -0.25) is 14.5 Å². The van der Waals surface area contributed by atoms with E-state index >= 15 is 0 Å². The molecule has 1 saturated heterocycles. The molecule has 1 aromatic carbocycles. The molecule has 0 saturated carbocycles. The van der Waals surface area contributed by atoms with Gasteiger partial charge in [-0.15, -0.1) is 0 Å². The number of rotatable bonds is 5. The van der Waals surface area contributed by atoms with Crippen molar-refractivity contribution in [2.45, 2.75) is 13.8 Å². The van der Waals surface area contributed by atoms with Crippen molar-refractivity contribution in [3.8, 4) is 5.69 Å². The molecule has 2 aromatic rings. The normalized spacial score (nSPS) is 15.5. The van der Waals surface area contributed by atoms with Crippen LogP contribution in [0, 0.1) is 13.8 Å². The molecule has 1 fully saturated rings. The lowest BCUT2D eigenvalue weighted by Crippen LogP contribution is -2.33. The van der Waals surface area contributed by atoms with Crippen molar-refractivity contribution in [2.24, 2.45) is 0 Å². The Hall–Kier alpha value is -2.91. The quantitative estimate of drug-likeness (QED) is 0.571. The molecule has 0 aliphatic carbocycles. The number of hydrogen-bond acceptors (Lipinski definition) is 5. The predicted octanol–water partition coefficient (Wildman–Crippen LogP) is 3.08. The molecule has 0 radical (unpaired) electrons. The van der Waals surface area contributed by atoms with E-state index in [9.17, 15) is 19.5 Å². The summed E-state index contributed by atoms with van der Waals surface area (Å²) in [5, 5.41) is 18.4. The second-order valence-corrected chi connectivity index (χ2v) is 7.82. The number of aryl methyl sites for hydroxylation is 1. The van der Waals surface area contributed by atoms with Crippen molar-refractivity contribution in [1.82, 2.24) is 9.47 Å². The van der Waals surface area contributed by atoms with E-state index in [1.807, 2.05) is 24.5 Å². The van der Waals surface area contributed by atoms with E-state index in [2.05, 4.69) is 0 Å². The summed E-state index contributed by atoms with van der Waals surface area (Å²) in [6.45, 7) is 3.20. The van der Waals surface area contributed by atoms with Crippen LogP contribution in [0.4, 0.5) is 0 Å². The fourth-order valence-corrected chi connectivity index (χ4v) is 4.31. The second-order valence-electron chi connectivity index (χ2n) is 6.15. The average Bonchev–Trinajstić information content (AvgIpc) is 3.05. The number of nitrogens with zero attached hydrogens (tertiary/aromatic N) is 2. The van der Waals surface area contributed by atoms with Gasteiger partial charge in [0.05, 0.1) is 16.2 Å². The monoisotopic (exact) mass is 416 g/mol. The van der Waals surface area contributed by atoms with Crippen LogP contribution in [0.2, 0.25) is 0 Å². The van der Waals surface area contributed by atoms with Crippen LogP contribution in [0.3, 0.4) is 0 Å². The number of aromatic carboxylic acids is 1. The minimum absolute atomic E-state index is 0.170. The predicted molar refractivity (Wildman–Crippen MR) is 110 cm³/mol. The third kappa shape index (κ3) is 3.58. The highest BCUT2D eigenvalue weighted by molar-refractivity contribution is 8.26. The highest BCUT2D eigenvalue weighted by Gasteiger charge is 2.33. The van der Waals surface area contributed by atoms with Crippen LogP contribution in [-0.2, 0) is 9.59 Å². The van der Waals surface area contributed by atoms with Gasteiger partial charge in [0, 0.05) is 11.4 Å². The van der Waals surface area contributed by atoms with Crippen LogP contribution < -0.4 is 0 Å². The number of amides is 1. The zero-order valence-electron chi connectivity index (χ0n) is 15.0.